The standard InChI is InChI=1S/C24H55N3OSi/c1-10-17-25(13-4)20-24(21-26(14-5)18-11-2,22-27(15-6)19-12-3)23-29(9,16-7)28-8/h10-23H2,1-9H3. The Morgan fingerprint density at radius 3 is 1.21 bits per heavy atom. The largest absolute Gasteiger partial charge is 0.420 e. The molecule has 0 radical (unpaired) electrons. The maximum absolute atomic E-state index is 6.25. The van der Waals surface area contributed by atoms with Crippen LogP contribution in [-0.4, -0.2) is 89.0 Å². The summed E-state index contributed by atoms with van der Waals surface area (Å²) in [6.45, 7) is 29.4. The average molecular weight is 430 g/mol. The number of rotatable bonds is 19. The fourth-order valence-corrected chi connectivity index (χ4v) is 7.48. The zero-order valence-corrected chi connectivity index (χ0v) is 22.6. The minimum atomic E-state index is -1.72. The molecule has 0 aromatic carbocycles. The Morgan fingerprint density at radius 2 is 1.00 bits per heavy atom. The maximum atomic E-state index is 6.25. The van der Waals surface area contributed by atoms with Crippen LogP contribution in [-0.2, 0) is 4.43 Å². The maximum Gasteiger partial charge on any atom is 0.189 e. The second kappa shape index (κ2) is 15.8. The van der Waals surface area contributed by atoms with E-state index in [-0.39, 0.29) is 5.41 Å². The summed E-state index contributed by atoms with van der Waals surface area (Å²) in [6, 6.07) is 2.46. The van der Waals surface area contributed by atoms with Crippen molar-refractivity contribution in [1.29, 1.82) is 0 Å². The van der Waals surface area contributed by atoms with E-state index in [2.05, 4.69) is 69.7 Å². The monoisotopic (exact) mass is 429 g/mol. The van der Waals surface area contributed by atoms with Crippen LogP contribution < -0.4 is 0 Å². The molecule has 176 valence electrons. The van der Waals surface area contributed by atoms with Crippen LogP contribution in [0.15, 0.2) is 0 Å². The van der Waals surface area contributed by atoms with Gasteiger partial charge in [-0.1, -0.05) is 48.5 Å². The lowest BCUT2D eigenvalue weighted by atomic mass is 9.87. The third-order valence-electron chi connectivity index (χ3n) is 6.63. The van der Waals surface area contributed by atoms with E-state index < -0.39 is 8.32 Å². The Hall–Kier alpha value is 0.0569. The van der Waals surface area contributed by atoms with Gasteiger partial charge in [-0.15, -0.1) is 0 Å². The summed E-state index contributed by atoms with van der Waals surface area (Å²) in [5, 5.41) is 0. The van der Waals surface area contributed by atoms with Crippen LogP contribution in [0.4, 0.5) is 0 Å². The van der Waals surface area contributed by atoms with Crippen molar-refractivity contribution in [2.75, 3.05) is 66.0 Å². The van der Waals surface area contributed by atoms with Crippen LogP contribution in [0.5, 0.6) is 0 Å². The number of hydrogen-bond acceptors (Lipinski definition) is 4. The highest BCUT2D eigenvalue weighted by molar-refractivity contribution is 6.72. The van der Waals surface area contributed by atoms with Crippen LogP contribution in [0.25, 0.3) is 0 Å². The van der Waals surface area contributed by atoms with Gasteiger partial charge in [0.25, 0.3) is 0 Å². The quantitative estimate of drug-likeness (QED) is 0.255. The Labute approximate surface area is 185 Å². The van der Waals surface area contributed by atoms with Gasteiger partial charge in [0.1, 0.15) is 0 Å². The van der Waals surface area contributed by atoms with E-state index in [4.69, 9.17) is 4.43 Å². The Balaban J connectivity index is 6.09. The van der Waals surface area contributed by atoms with E-state index in [9.17, 15) is 0 Å². The van der Waals surface area contributed by atoms with E-state index in [1.807, 2.05) is 7.11 Å². The van der Waals surface area contributed by atoms with Crippen molar-refractivity contribution in [3.63, 3.8) is 0 Å². The molecule has 0 fully saturated rings. The molecule has 0 spiro atoms. The third kappa shape index (κ3) is 10.8. The number of nitrogens with zero attached hydrogens (tertiary/aromatic N) is 3. The third-order valence-corrected chi connectivity index (χ3v) is 10.6. The van der Waals surface area contributed by atoms with Crippen LogP contribution >= 0.6 is 0 Å². The normalized spacial score (nSPS) is 14.9. The lowest BCUT2D eigenvalue weighted by Crippen LogP contribution is -2.56. The first-order valence-corrected chi connectivity index (χ1v) is 15.4. The van der Waals surface area contributed by atoms with Gasteiger partial charge < -0.3 is 19.1 Å². The van der Waals surface area contributed by atoms with Gasteiger partial charge in [0, 0.05) is 32.2 Å². The van der Waals surface area contributed by atoms with Crippen molar-refractivity contribution in [3.05, 3.63) is 0 Å². The van der Waals surface area contributed by atoms with Crippen LogP contribution in [0.1, 0.15) is 67.7 Å². The molecule has 0 bridgehead atoms. The molecule has 0 saturated heterocycles. The zero-order chi connectivity index (χ0) is 22.3. The van der Waals surface area contributed by atoms with Crippen molar-refractivity contribution in [2.45, 2.75) is 86.4 Å². The summed E-state index contributed by atoms with van der Waals surface area (Å²) in [4.78, 5) is 8.12. The van der Waals surface area contributed by atoms with Crippen molar-refractivity contribution < 1.29 is 4.43 Å². The van der Waals surface area contributed by atoms with Gasteiger partial charge in [-0.25, -0.2) is 0 Å². The molecule has 0 rings (SSSR count). The van der Waals surface area contributed by atoms with Gasteiger partial charge in [0.2, 0.25) is 0 Å². The second-order valence-electron chi connectivity index (χ2n) is 9.29. The molecule has 0 aliphatic rings. The SMILES string of the molecule is CCCN(CC)CC(CN(CC)CCC)(CN(CC)CCC)C[Si](C)(CC)OC. The molecule has 0 aromatic rings. The van der Waals surface area contributed by atoms with E-state index >= 15 is 0 Å². The van der Waals surface area contributed by atoms with Gasteiger partial charge in [0.15, 0.2) is 8.32 Å². The van der Waals surface area contributed by atoms with Gasteiger partial charge >= 0.3 is 0 Å². The van der Waals surface area contributed by atoms with Crippen molar-refractivity contribution >= 4 is 8.32 Å². The lowest BCUT2D eigenvalue weighted by Gasteiger charge is -2.47. The molecular formula is C24H55N3OSi. The topological polar surface area (TPSA) is 19.0 Å². The molecule has 1 unspecified atom stereocenters. The highest BCUT2D eigenvalue weighted by Gasteiger charge is 2.42. The first kappa shape index (κ1) is 29.1. The van der Waals surface area contributed by atoms with Gasteiger partial charge in [-0.05, 0) is 77.2 Å². The van der Waals surface area contributed by atoms with Crippen LogP contribution in [0.3, 0.4) is 0 Å². The molecule has 4 nitrogen and oxygen atoms in total. The highest BCUT2D eigenvalue weighted by atomic mass is 28.4. The summed E-state index contributed by atoms with van der Waals surface area (Å²) >= 11 is 0. The van der Waals surface area contributed by atoms with Gasteiger partial charge in [0.05, 0.1) is 0 Å². The van der Waals surface area contributed by atoms with Crippen LogP contribution in [0, 0.1) is 5.41 Å². The molecule has 0 heterocycles. The highest BCUT2D eigenvalue weighted by Crippen LogP contribution is 2.35. The van der Waals surface area contributed by atoms with Gasteiger partial charge in [-0.2, -0.15) is 0 Å². The van der Waals surface area contributed by atoms with Crippen molar-refractivity contribution in [1.82, 2.24) is 14.7 Å². The Bertz CT molecular complexity index is 350. The minimum Gasteiger partial charge on any atom is -0.420 e. The van der Waals surface area contributed by atoms with E-state index in [1.165, 1.54) is 70.6 Å². The number of hydrogen-bond donors (Lipinski definition) is 0. The first-order chi connectivity index (χ1) is 13.8. The predicted molar refractivity (Wildman–Crippen MR) is 134 cm³/mol. The fraction of sp³-hybridized carbons (Fsp3) is 1.00. The lowest BCUT2D eigenvalue weighted by molar-refractivity contribution is 0.0671. The first-order valence-electron chi connectivity index (χ1n) is 12.5. The van der Waals surface area contributed by atoms with Crippen LogP contribution in [0.2, 0.25) is 18.6 Å². The Morgan fingerprint density at radius 1 is 0.655 bits per heavy atom. The predicted octanol–water partition coefficient (Wildman–Crippen LogP) is 5.41. The minimum absolute atomic E-state index is 0.272. The smallest absolute Gasteiger partial charge is 0.189 e. The van der Waals surface area contributed by atoms with Gasteiger partial charge in [-0.3, -0.25) is 0 Å². The molecule has 0 amide bonds. The molecule has 0 saturated carbocycles. The Kier molecular flexibility index (Phi) is 15.8. The fourth-order valence-electron chi connectivity index (χ4n) is 4.87. The summed E-state index contributed by atoms with van der Waals surface area (Å²) in [5.41, 5.74) is 0.272. The van der Waals surface area contributed by atoms with E-state index in [0.717, 1.165) is 19.6 Å². The molecule has 0 aliphatic heterocycles. The molecule has 0 aromatic heterocycles. The zero-order valence-electron chi connectivity index (χ0n) is 21.6. The summed E-state index contributed by atoms with van der Waals surface area (Å²) in [5.74, 6) is 0. The second-order valence-corrected chi connectivity index (χ2v) is 13.7. The molecular weight excluding hydrogens is 374 g/mol. The molecule has 5 heteroatoms. The molecule has 0 aliphatic carbocycles. The molecule has 1 atom stereocenters. The summed E-state index contributed by atoms with van der Waals surface area (Å²) in [7, 11) is 0.249. The van der Waals surface area contributed by atoms with E-state index in [1.54, 1.807) is 0 Å². The average Bonchev–Trinajstić information content (AvgIpc) is 2.72. The van der Waals surface area contributed by atoms with E-state index in [0.29, 0.717) is 0 Å². The summed E-state index contributed by atoms with van der Waals surface area (Å²) < 4.78 is 6.25. The van der Waals surface area contributed by atoms with Crippen molar-refractivity contribution in [3.8, 4) is 0 Å². The molecule has 29 heavy (non-hydrogen) atoms. The summed E-state index contributed by atoms with van der Waals surface area (Å²) in [6.07, 6.45) is 3.70. The molecule has 0 N–H and O–H groups in total. The van der Waals surface area contributed by atoms with Crippen molar-refractivity contribution in [2.24, 2.45) is 5.41 Å².